The van der Waals surface area contributed by atoms with Gasteiger partial charge in [0.2, 0.25) is 0 Å². The molecule has 0 saturated carbocycles. The maximum Gasteiger partial charge on any atom is 0.265 e. The summed E-state index contributed by atoms with van der Waals surface area (Å²) in [4.78, 5) is 17.6. The molecule has 0 N–H and O–H groups in total. The van der Waals surface area contributed by atoms with Crippen molar-refractivity contribution in [2.75, 3.05) is 0 Å². The van der Waals surface area contributed by atoms with Gasteiger partial charge in [-0.25, -0.2) is 4.98 Å². The Hall–Kier alpha value is -2.13. The van der Waals surface area contributed by atoms with E-state index in [1.807, 2.05) is 52.0 Å². The summed E-state index contributed by atoms with van der Waals surface area (Å²) in [7, 11) is 0. The lowest BCUT2D eigenvalue weighted by atomic mass is 10.1. The van der Waals surface area contributed by atoms with Crippen LogP contribution >= 0.6 is 11.6 Å². The highest BCUT2D eigenvalue weighted by Crippen LogP contribution is 2.23. The van der Waals surface area contributed by atoms with Crippen LogP contribution in [0.4, 0.5) is 0 Å². The zero-order valence-corrected chi connectivity index (χ0v) is 13.8. The number of aromatic nitrogens is 2. The molecule has 0 unspecified atom stereocenters. The molecule has 4 heteroatoms. The molecule has 0 atom stereocenters. The number of hydrogen-bond acceptors (Lipinski definition) is 2. The standard InChI is InChI=1S/C18H17ClN2O/c1-10-6-5-7-11(2)17(10)21-13(4)20-16-9-15(19)12(3)8-14(16)18(21)22/h5-9H,1-4H3. The van der Waals surface area contributed by atoms with E-state index in [1.54, 1.807) is 10.6 Å². The number of fused-ring (bicyclic) bond motifs is 1. The van der Waals surface area contributed by atoms with Gasteiger partial charge in [-0.3, -0.25) is 9.36 Å². The fraction of sp³-hybridized carbons (Fsp3) is 0.222. The summed E-state index contributed by atoms with van der Waals surface area (Å²) in [5.41, 5.74) is 4.48. The Morgan fingerprint density at radius 3 is 2.27 bits per heavy atom. The van der Waals surface area contributed by atoms with E-state index in [9.17, 15) is 4.79 Å². The summed E-state index contributed by atoms with van der Waals surface area (Å²) in [6.45, 7) is 7.75. The first-order valence-electron chi connectivity index (χ1n) is 7.16. The smallest absolute Gasteiger partial charge is 0.265 e. The van der Waals surface area contributed by atoms with Gasteiger partial charge in [-0.2, -0.15) is 0 Å². The van der Waals surface area contributed by atoms with E-state index in [2.05, 4.69) is 4.98 Å². The lowest BCUT2D eigenvalue weighted by Gasteiger charge is -2.16. The van der Waals surface area contributed by atoms with Crippen molar-refractivity contribution in [2.24, 2.45) is 0 Å². The molecule has 0 aliphatic rings. The molecule has 3 rings (SSSR count). The van der Waals surface area contributed by atoms with Crippen LogP contribution in [0.25, 0.3) is 16.6 Å². The van der Waals surface area contributed by atoms with E-state index < -0.39 is 0 Å². The van der Waals surface area contributed by atoms with Crippen LogP contribution in [0.3, 0.4) is 0 Å². The van der Waals surface area contributed by atoms with Gasteiger partial charge in [0.1, 0.15) is 5.82 Å². The first-order valence-corrected chi connectivity index (χ1v) is 7.54. The van der Waals surface area contributed by atoms with Gasteiger partial charge in [-0.15, -0.1) is 0 Å². The van der Waals surface area contributed by atoms with E-state index in [4.69, 9.17) is 11.6 Å². The van der Waals surface area contributed by atoms with Crippen LogP contribution in [0, 0.1) is 27.7 Å². The maximum absolute atomic E-state index is 13.0. The zero-order valence-electron chi connectivity index (χ0n) is 13.1. The van der Waals surface area contributed by atoms with Crippen LogP contribution in [-0.4, -0.2) is 9.55 Å². The van der Waals surface area contributed by atoms with Crippen LogP contribution in [-0.2, 0) is 0 Å². The topological polar surface area (TPSA) is 34.9 Å². The van der Waals surface area contributed by atoms with E-state index in [0.717, 1.165) is 22.4 Å². The molecule has 0 saturated heterocycles. The van der Waals surface area contributed by atoms with Crippen LogP contribution in [0.5, 0.6) is 0 Å². The summed E-state index contributed by atoms with van der Waals surface area (Å²) in [6.07, 6.45) is 0. The molecule has 3 aromatic rings. The Balaban J connectivity index is 2.46. The molecule has 1 aromatic heterocycles. The Morgan fingerprint density at radius 1 is 1.00 bits per heavy atom. The first-order chi connectivity index (χ1) is 10.4. The molecule has 0 aliphatic carbocycles. The number of nitrogens with zero attached hydrogens (tertiary/aromatic N) is 2. The van der Waals surface area contributed by atoms with Crippen LogP contribution in [0.1, 0.15) is 22.5 Å². The Labute approximate surface area is 134 Å². The molecule has 0 bridgehead atoms. The molecular formula is C18H17ClN2O. The van der Waals surface area contributed by atoms with Gasteiger partial charge in [-0.05, 0) is 56.5 Å². The summed E-state index contributed by atoms with van der Waals surface area (Å²) < 4.78 is 1.69. The number of hydrogen-bond donors (Lipinski definition) is 0. The van der Waals surface area contributed by atoms with E-state index in [1.165, 1.54) is 0 Å². The number of benzene rings is 2. The van der Waals surface area contributed by atoms with Crippen molar-refractivity contribution in [3.8, 4) is 5.69 Å². The quantitative estimate of drug-likeness (QED) is 0.672. The number of aryl methyl sites for hydroxylation is 4. The molecule has 112 valence electrons. The summed E-state index contributed by atoms with van der Waals surface area (Å²) in [5.74, 6) is 0.662. The minimum absolute atomic E-state index is 0.0559. The SMILES string of the molecule is Cc1cc2c(=O)n(-c3c(C)cccc3C)c(C)nc2cc1Cl. The highest BCUT2D eigenvalue weighted by Gasteiger charge is 2.14. The van der Waals surface area contributed by atoms with E-state index >= 15 is 0 Å². The molecule has 1 heterocycles. The van der Waals surface area contributed by atoms with Gasteiger partial charge >= 0.3 is 0 Å². The lowest BCUT2D eigenvalue weighted by molar-refractivity contribution is 0.880. The molecule has 0 spiro atoms. The molecule has 22 heavy (non-hydrogen) atoms. The van der Waals surface area contributed by atoms with E-state index in [0.29, 0.717) is 21.7 Å². The molecule has 0 radical (unpaired) electrons. The average Bonchev–Trinajstić information content (AvgIpc) is 2.44. The number of rotatable bonds is 1. The zero-order chi connectivity index (χ0) is 16.0. The second-order valence-corrected chi connectivity index (χ2v) is 6.07. The van der Waals surface area contributed by atoms with Crippen LogP contribution in [0.2, 0.25) is 5.02 Å². The second kappa shape index (κ2) is 5.25. The van der Waals surface area contributed by atoms with Gasteiger partial charge < -0.3 is 0 Å². The Morgan fingerprint density at radius 2 is 1.64 bits per heavy atom. The minimum atomic E-state index is -0.0559. The van der Waals surface area contributed by atoms with Crippen LogP contribution < -0.4 is 5.56 Å². The van der Waals surface area contributed by atoms with Crippen molar-refractivity contribution >= 4 is 22.5 Å². The molecular weight excluding hydrogens is 296 g/mol. The second-order valence-electron chi connectivity index (χ2n) is 5.66. The monoisotopic (exact) mass is 312 g/mol. The number of para-hydroxylation sites is 1. The van der Waals surface area contributed by atoms with Crippen molar-refractivity contribution in [2.45, 2.75) is 27.7 Å². The third-order valence-electron chi connectivity index (χ3n) is 3.98. The molecule has 2 aromatic carbocycles. The lowest BCUT2D eigenvalue weighted by Crippen LogP contribution is -2.24. The van der Waals surface area contributed by atoms with Gasteiger partial charge in [0.15, 0.2) is 0 Å². The Kier molecular flexibility index (Phi) is 3.53. The fourth-order valence-corrected chi connectivity index (χ4v) is 3.01. The van der Waals surface area contributed by atoms with E-state index in [-0.39, 0.29) is 5.56 Å². The van der Waals surface area contributed by atoms with Crippen molar-refractivity contribution in [3.05, 3.63) is 68.2 Å². The Bertz CT molecular complexity index is 937. The highest BCUT2D eigenvalue weighted by atomic mass is 35.5. The predicted molar refractivity (Wildman–Crippen MR) is 91.3 cm³/mol. The summed E-state index contributed by atoms with van der Waals surface area (Å²) in [5, 5.41) is 1.22. The van der Waals surface area contributed by atoms with Gasteiger partial charge in [0.25, 0.3) is 5.56 Å². The third kappa shape index (κ3) is 2.22. The van der Waals surface area contributed by atoms with Crippen LogP contribution in [0.15, 0.2) is 35.1 Å². The maximum atomic E-state index is 13.0. The van der Waals surface area contributed by atoms with Crippen molar-refractivity contribution in [1.29, 1.82) is 0 Å². The average molecular weight is 313 g/mol. The number of halogens is 1. The minimum Gasteiger partial charge on any atom is -0.268 e. The fourth-order valence-electron chi connectivity index (χ4n) is 2.85. The summed E-state index contributed by atoms with van der Waals surface area (Å²) >= 11 is 6.15. The van der Waals surface area contributed by atoms with Gasteiger partial charge in [-0.1, -0.05) is 29.8 Å². The van der Waals surface area contributed by atoms with Gasteiger partial charge in [0.05, 0.1) is 16.6 Å². The normalized spacial score (nSPS) is 11.1. The highest BCUT2D eigenvalue weighted by molar-refractivity contribution is 6.32. The van der Waals surface area contributed by atoms with Crippen molar-refractivity contribution in [3.63, 3.8) is 0 Å². The molecule has 0 amide bonds. The van der Waals surface area contributed by atoms with Crippen molar-refractivity contribution < 1.29 is 0 Å². The third-order valence-corrected chi connectivity index (χ3v) is 4.39. The summed E-state index contributed by atoms with van der Waals surface area (Å²) in [6, 6.07) is 9.58. The largest absolute Gasteiger partial charge is 0.268 e. The predicted octanol–water partition coefficient (Wildman–Crippen LogP) is 4.27. The van der Waals surface area contributed by atoms with Gasteiger partial charge in [0, 0.05) is 5.02 Å². The first kappa shape index (κ1) is 14.8. The molecule has 3 nitrogen and oxygen atoms in total. The molecule has 0 aliphatic heterocycles. The molecule has 0 fully saturated rings. The van der Waals surface area contributed by atoms with Crippen molar-refractivity contribution in [1.82, 2.24) is 9.55 Å².